The average molecular weight is 458 g/mol. The van der Waals surface area contributed by atoms with E-state index in [1.807, 2.05) is 38.1 Å². The maximum absolute atomic E-state index is 13.0. The zero-order valence-electron chi connectivity index (χ0n) is 18.5. The van der Waals surface area contributed by atoms with E-state index in [9.17, 15) is 13.2 Å². The Bertz CT molecular complexity index is 1250. The third-order valence-electron chi connectivity index (χ3n) is 5.78. The molecule has 32 heavy (non-hydrogen) atoms. The minimum absolute atomic E-state index is 0.276. The summed E-state index contributed by atoms with van der Waals surface area (Å²) in [6, 6.07) is 8.31. The van der Waals surface area contributed by atoms with Gasteiger partial charge in [0.2, 0.25) is 5.91 Å². The number of hydrogen-bond acceptors (Lipinski definition) is 5. The monoisotopic (exact) mass is 457 g/mol. The van der Waals surface area contributed by atoms with Crippen molar-refractivity contribution < 1.29 is 13.2 Å². The van der Waals surface area contributed by atoms with Crippen molar-refractivity contribution in [3.8, 4) is 0 Å². The Hall–Kier alpha value is -3.02. The van der Waals surface area contributed by atoms with Crippen molar-refractivity contribution in [3.63, 3.8) is 0 Å². The van der Waals surface area contributed by atoms with Crippen LogP contribution >= 0.6 is 0 Å². The lowest BCUT2D eigenvalue weighted by Crippen LogP contribution is -2.56. The van der Waals surface area contributed by atoms with E-state index in [0.717, 1.165) is 26.7 Å². The fourth-order valence-electron chi connectivity index (χ4n) is 3.96. The topological polar surface area (TPSA) is 114 Å². The van der Waals surface area contributed by atoms with Crippen LogP contribution in [-0.4, -0.2) is 51.3 Å². The number of anilines is 1. The summed E-state index contributed by atoms with van der Waals surface area (Å²) in [6.07, 6.45) is 3.83. The van der Waals surface area contributed by atoms with E-state index in [4.69, 9.17) is 0 Å². The Balaban J connectivity index is 1.50. The van der Waals surface area contributed by atoms with Crippen molar-refractivity contribution >= 4 is 21.9 Å². The van der Waals surface area contributed by atoms with Gasteiger partial charge in [-0.3, -0.25) is 14.2 Å². The number of amides is 1. The minimum Gasteiger partial charge on any atom is -0.308 e. The van der Waals surface area contributed by atoms with Gasteiger partial charge in [-0.15, -0.1) is 0 Å². The van der Waals surface area contributed by atoms with Gasteiger partial charge in [0.25, 0.3) is 10.2 Å². The smallest absolute Gasteiger partial charge is 0.280 e. The third-order valence-corrected chi connectivity index (χ3v) is 7.38. The number of benzene rings is 1. The second kappa shape index (κ2) is 8.49. The van der Waals surface area contributed by atoms with Gasteiger partial charge in [-0.1, -0.05) is 24.3 Å². The van der Waals surface area contributed by atoms with Crippen molar-refractivity contribution in [2.45, 2.75) is 38.9 Å². The Labute approximate surface area is 187 Å². The highest BCUT2D eigenvalue weighted by atomic mass is 32.2. The van der Waals surface area contributed by atoms with Crippen LogP contribution < -0.4 is 10.0 Å². The first-order chi connectivity index (χ1) is 15.1. The van der Waals surface area contributed by atoms with Crippen molar-refractivity contribution in [1.29, 1.82) is 0 Å². The summed E-state index contributed by atoms with van der Waals surface area (Å²) >= 11 is 0. The van der Waals surface area contributed by atoms with Crippen molar-refractivity contribution in [2.24, 2.45) is 7.05 Å². The number of nitrogens with one attached hydrogen (secondary N) is 2. The van der Waals surface area contributed by atoms with Gasteiger partial charge in [0, 0.05) is 38.1 Å². The fourth-order valence-corrected chi connectivity index (χ4v) is 5.23. The second-order valence-electron chi connectivity index (χ2n) is 8.10. The molecule has 0 bridgehead atoms. The average Bonchev–Trinajstić information content (AvgIpc) is 3.30. The molecule has 1 aromatic carbocycles. The molecule has 2 N–H and O–H groups in total. The number of likely N-dealkylation sites (N-methyl/N-ethyl adjacent to an activating group) is 1. The molecule has 0 aliphatic carbocycles. The molecule has 2 unspecified atom stereocenters. The van der Waals surface area contributed by atoms with E-state index < -0.39 is 28.2 Å². The standard InChI is InChI=1S/C21H27N7O3S/c1-14-7-5-6-8-16(14)12-28-10-9-20(24-28)22-21(29)19-11-18(25-32(30,31)27(19)4)17-13-26(3)23-15(17)2/h5-10,13,18-19,25H,11-12H2,1-4H3,(H,22,24,29). The van der Waals surface area contributed by atoms with E-state index in [1.54, 1.807) is 34.9 Å². The van der Waals surface area contributed by atoms with Crippen molar-refractivity contribution in [3.05, 3.63) is 65.1 Å². The summed E-state index contributed by atoms with van der Waals surface area (Å²) in [6.45, 7) is 4.43. The van der Waals surface area contributed by atoms with Gasteiger partial charge in [-0.2, -0.15) is 27.6 Å². The number of rotatable bonds is 5. The summed E-state index contributed by atoms with van der Waals surface area (Å²) in [5.74, 6) is -0.0488. The Morgan fingerprint density at radius 1 is 1.19 bits per heavy atom. The molecule has 11 heteroatoms. The first-order valence-electron chi connectivity index (χ1n) is 10.3. The maximum Gasteiger partial charge on any atom is 0.280 e. The molecule has 10 nitrogen and oxygen atoms in total. The summed E-state index contributed by atoms with van der Waals surface area (Å²) in [5, 5.41) is 11.5. The quantitative estimate of drug-likeness (QED) is 0.603. The molecule has 4 rings (SSSR count). The van der Waals surface area contributed by atoms with E-state index in [0.29, 0.717) is 12.4 Å². The molecule has 1 aliphatic heterocycles. The lowest BCUT2D eigenvalue weighted by atomic mass is 10.00. The Kier molecular flexibility index (Phi) is 5.89. The zero-order chi connectivity index (χ0) is 23.0. The summed E-state index contributed by atoms with van der Waals surface area (Å²) in [5.41, 5.74) is 3.77. The van der Waals surface area contributed by atoms with Crippen LogP contribution in [0.4, 0.5) is 5.82 Å². The van der Waals surface area contributed by atoms with E-state index in [2.05, 4.69) is 20.2 Å². The Morgan fingerprint density at radius 2 is 1.94 bits per heavy atom. The highest BCUT2D eigenvalue weighted by Gasteiger charge is 2.41. The third kappa shape index (κ3) is 4.45. The van der Waals surface area contributed by atoms with Crippen molar-refractivity contribution in [2.75, 3.05) is 12.4 Å². The summed E-state index contributed by atoms with van der Waals surface area (Å²) in [7, 11) is -0.659. The van der Waals surface area contributed by atoms with E-state index >= 15 is 0 Å². The number of aromatic nitrogens is 4. The van der Waals surface area contributed by atoms with Gasteiger partial charge < -0.3 is 5.32 Å². The molecule has 0 saturated carbocycles. The maximum atomic E-state index is 13.0. The lowest BCUT2D eigenvalue weighted by Gasteiger charge is -2.35. The molecule has 0 spiro atoms. The van der Waals surface area contributed by atoms with Crippen LogP contribution in [0.1, 0.15) is 34.8 Å². The van der Waals surface area contributed by atoms with Gasteiger partial charge in [0.15, 0.2) is 5.82 Å². The van der Waals surface area contributed by atoms with Crippen LogP contribution in [-0.2, 0) is 28.6 Å². The molecule has 1 aliphatic rings. The highest BCUT2D eigenvalue weighted by molar-refractivity contribution is 7.87. The number of aryl methyl sites for hydroxylation is 3. The summed E-state index contributed by atoms with van der Waals surface area (Å²) in [4.78, 5) is 13.0. The Morgan fingerprint density at radius 3 is 2.62 bits per heavy atom. The van der Waals surface area contributed by atoms with Crippen LogP contribution in [0, 0.1) is 13.8 Å². The molecule has 2 aromatic heterocycles. The van der Waals surface area contributed by atoms with Gasteiger partial charge in [-0.25, -0.2) is 0 Å². The first-order valence-corrected chi connectivity index (χ1v) is 11.7. The number of nitrogens with zero attached hydrogens (tertiary/aromatic N) is 5. The molecule has 2 atom stereocenters. The van der Waals surface area contributed by atoms with Crippen LogP contribution in [0.5, 0.6) is 0 Å². The summed E-state index contributed by atoms with van der Waals surface area (Å²) < 4.78 is 32.4. The minimum atomic E-state index is -3.83. The number of hydrogen-bond donors (Lipinski definition) is 2. The lowest BCUT2D eigenvalue weighted by molar-refractivity contribution is -0.120. The van der Waals surface area contributed by atoms with Gasteiger partial charge >= 0.3 is 0 Å². The van der Waals surface area contributed by atoms with Crippen LogP contribution in [0.2, 0.25) is 0 Å². The molecule has 1 amide bonds. The van der Waals surface area contributed by atoms with E-state index in [-0.39, 0.29) is 6.42 Å². The SMILES string of the molecule is Cc1ccccc1Cn1ccc(NC(=O)C2CC(c3cn(C)nc3C)NS(=O)(=O)N2C)n1. The predicted octanol–water partition coefficient (Wildman–Crippen LogP) is 1.50. The van der Waals surface area contributed by atoms with Crippen LogP contribution in [0.25, 0.3) is 0 Å². The first kappa shape index (κ1) is 22.2. The molecule has 1 saturated heterocycles. The predicted molar refractivity (Wildman–Crippen MR) is 120 cm³/mol. The molecular weight excluding hydrogens is 430 g/mol. The normalized spacial score (nSPS) is 20.9. The molecule has 170 valence electrons. The number of carbonyl (C=O) groups excluding carboxylic acids is 1. The molecular formula is C21H27N7O3S. The molecule has 1 fully saturated rings. The molecule has 3 heterocycles. The van der Waals surface area contributed by atoms with Crippen LogP contribution in [0.15, 0.2) is 42.7 Å². The van der Waals surface area contributed by atoms with Crippen molar-refractivity contribution in [1.82, 2.24) is 28.6 Å². The zero-order valence-corrected chi connectivity index (χ0v) is 19.3. The van der Waals surface area contributed by atoms with Gasteiger partial charge in [0.1, 0.15) is 6.04 Å². The molecule has 0 radical (unpaired) electrons. The van der Waals surface area contributed by atoms with Crippen LogP contribution in [0.3, 0.4) is 0 Å². The largest absolute Gasteiger partial charge is 0.308 e. The molecule has 3 aromatic rings. The van der Waals surface area contributed by atoms with E-state index in [1.165, 1.54) is 7.05 Å². The van der Waals surface area contributed by atoms with Gasteiger partial charge in [-0.05, 0) is 31.4 Å². The second-order valence-corrected chi connectivity index (χ2v) is 9.86. The highest BCUT2D eigenvalue weighted by Crippen LogP contribution is 2.29. The van der Waals surface area contributed by atoms with Gasteiger partial charge in [0.05, 0.1) is 18.3 Å². The fraction of sp³-hybridized carbons (Fsp3) is 0.381. The number of carbonyl (C=O) groups is 1.